The summed E-state index contributed by atoms with van der Waals surface area (Å²) in [5.41, 5.74) is 4.39. The zero-order chi connectivity index (χ0) is 15.7. The molecule has 1 saturated heterocycles. The largest absolute Gasteiger partial charge is 4.00 e. The van der Waals surface area contributed by atoms with Crippen LogP contribution in [0, 0.1) is 17.6 Å². The van der Waals surface area contributed by atoms with Crippen LogP contribution in [-0.2, 0) is 21.7 Å². The van der Waals surface area contributed by atoms with E-state index in [-0.39, 0.29) is 51.9 Å². The molecule has 0 aromatic rings. The monoisotopic (exact) mass is 416 g/mol. The van der Waals surface area contributed by atoms with Crippen LogP contribution in [0.3, 0.4) is 0 Å². The number of hydrogen-bond donors (Lipinski definition) is 0. The molecule has 1 aliphatic heterocycles. The van der Waals surface area contributed by atoms with Gasteiger partial charge in [-0.2, -0.15) is 17.2 Å². The molecule has 0 saturated carbocycles. The fourth-order valence-electron chi connectivity index (χ4n) is 3.59. The Labute approximate surface area is 178 Å². The number of hydrogen-bond acceptors (Lipinski definition) is 0. The van der Waals surface area contributed by atoms with Crippen molar-refractivity contribution in [3.63, 3.8) is 0 Å². The van der Waals surface area contributed by atoms with Crippen LogP contribution < -0.4 is 24.8 Å². The standard InChI is InChI=1S/C10H15Si.C10H15.2ClH.Ti/c1-2-11(8-5-9-11)10-6-3-4-7-10;1-7-6-10(4,5)9(3)8(7)2;;;/h3,6H,2,4-5,8-9H2,1H3;1-5H3;2*1H;/q2*-1;;;+4/p-2. The fraction of sp³-hybridized carbons (Fsp3) is 0.600. The van der Waals surface area contributed by atoms with Gasteiger partial charge in [-0.3, -0.25) is 12.2 Å². The molecule has 1 fully saturated rings. The van der Waals surface area contributed by atoms with Crippen molar-refractivity contribution in [2.75, 3.05) is 0 Å². The topological polar surface area (TPSA) is 0 Å². The van der Waals surface area contributed by atoms with E-state index in [9.17, 15) is 0 Å². The van der Waals surface area contributed by atoms with E-state index >= 15 is 0 Å². The summed E-state index contributed by atoms with van der Waals surface area (Å²) < 4.78 is 0. The summed E-state index contributed by atoms with van der Waals surface area (Å²) >= 11 is 0. The first-order valence-electron chi connectivity index (χ1n) is 8.40. The maximum atomic E-state index is 3.52. The molecule has 132 valence electrons. The first-order valence-corrected chi connectivity index (χ1v) is 11.0. The minimum absolute atomic E-state index is 0. The molecule has 0 N–H and O–H groups in total. The van der Waals surface area contributed by atoms with E-state index in [4.69, 9.17) is 0 Å². The van der Waals surface area contributed by atoms with Crippen molar-refractivity contribution in [3.05, 3.63) is 46.2 Å². The molecule has 4 heteroatoms. The summed E-state index contributed by atoms with van der Waals surface area (Å²) in [6.07, 6.45) is 14.1. The Morgan fingerprint density at radius 3 is 1.92 bits per heavy atom. The zero-order valence-corrected chi connectivity index (χ0v) is 20.0. The Kier molecular flexibility index (Phi) is 11.8. The molecule has 0 aromatic heterocycles. The van der Waals surface area contributed by atoms with Gasteiger partial charge in [-0.05, 0) is 0 Å². The van der Waals surface area contributed by atoms with Crippen molar-refractivity contribution >= 4 is 8.07 Å². The molecular weight excluding hydrogens is 387 g/mol. The van der Waals surface area contributed by atoms with Gasteiger partial charge >= 0.3 is 21.7 Å². The van der Waals surface area contributed by atoms with E-state index in [1.165, 1.54) is 41.3 Å². The average Bonchev–Trinajstić information content (AvgIpc) is 2.95. The van der Waals surface area contributed by atoms with Crippen LogP contribution in [0.1, 0.15) is 54.4 Å². The maximum Gasteiger partial charge on any atom is 4.00 e. The van der Waals surface area contributed by atoms with E-state index in [0.29, 0.717) is 0 Å². The molecule has 0 bridgehead atoms. The molecule has 0 atom stereocenters. The third-order valence-electron chi connectivity index (χ3n) is 5.82. The molecule has 0 nitrogen and oxygen atoms in total. The van der Waals surface area contributed by atoms with Crippen molar-refractivity contribution in [1.82, 2.24) is 0 Å². The van der Waals surface area contributed by atoms with Gasteiger partial charge in [0, 0.05) is 8.07 Å². The third kappa shape index (κ3) is 5.48. The van der Waals surface area contributed by atoms with E-state index in [2.05, 4.69) is 65.8 Å². The van der Waals surface area contributed by atoms with Gasteiger partial charge < -0.3 is 24.8 Å². The summed E-state index contributed by atoms with van der Waals surface area (Å²) in [6.45, 7) is 13.3. The molecule has 0 radical (unpaired) electrons. The predicted octanol–water partition coefficient (Wildman–Crippen LogP) is 0.205. The van der Waals surface area contributed by atoms with Crippen molar-refractivity contribution in [1.29, 1.82) is 0 Å². The summed E-state index contributed by atoms with van der Waals surface area (Å²) in [7, 11) is -0.865. The van der Waals surface area contributed by atoms with Crippen molar-refractivity contribution in [2.45, 2.75) is 72.5 Å². The SMILES string of the molecule is CC1=[C-]C(C)(C)C(C)=C1C.CC[Si]1(C2=[C-]CC=C2)CCC1.[Cl-].[Cl-].[Ti+4]. The van der Waals surface area contributed by atoms with Crippen LogP contribution in [-0.4, -0.2) is 8.07 Å². The average molecular weight is 417 g/mol. The minimum Gasteiger partial charge on any atom is -1.00 e. The number of allylic oxidation sites excluding steroid dienone is 8. The summed E-state index contributed by atoms with van der Waals surface area (Å²) in [5.74, 6) is 0. The van der Waals surface area contributed by atoms with Crippen LogP contribution in [0.5, 0.6) is 0 Å². The van der Waals surface area contributed by atoms with E-state index in [1.54, 1.807) is 5.20 Å². The van der Waals surface area contributed by atoms with Crippen LogP contribution >= 0.6 is 0 Å². The van der Waals surface area contributed by atoms with Gasteiger partial charge in [0.05, 0.1) is 0 Å². The van der Waals surface area contributed by atoms with Crippen LogP contribution in [0.25, 0.3) is 0 Å². The number of halogens is 2. The summed E-state index contributed by atoms with van der Waals surface area (Å²) in [6, 6.07) is 4.52. The van der Waals surface area contributed by atoms with Gasteiger partial charge in [-0.15, -0.1) is 13.3 Å². The normalized spacial score (nSPS) is 21.9. The molecule has 0 spiro atoms. The smallest absolute Gasteiger partial charge is 1.00 e. The quantitative estimate of drug-likeness (QED) is 0.445. The molecule has 0 aromatic carbocycles. The molecule has 0 amide bonds. The Morgan fingerprint density at radius 1 is 1.12 bits per heavy atom. The molecule has 0 unspecified atom stereocenters. The third-order valence-corrected chi connectivity index (χ3v) is 11.3. The van der Waals surface area contributed by atoms with Crippen LogP contribution in [0.2, 0.25) is 18.1 Å². The maximum absolute atomic E-state index is 3.52. The molecule has 2 aliphatic carbocycles. The van der Waals surface area contributed by atoms with E-state index < -0.39 is 8.07 Å². The van der Waals surface area contributed by atoms with E-state index in [0.717, 1.165) is 6.42 Å². The fourth-order valence-corrected chi connectivity index (χ4v) is 7.37. The first kappa shape index (κ1) is 26.7. The molecule has 1 heterocycles. The Hall–Kier alpha value is 0.471. The van der Waals surface area contributed by atoms with Crippen molar-refractivity contribution in [3.8, 4) is 0 Å². The van der Waals surface area contributed by atoms with Gasteiger partial charge in [0.1, 0.15) is 0 Å². The summed E-state index contributed by atoms with van der Waals surface area (Å²) in [4.78, 5) is 0. The van der Waals surface area contributed by atoms with Crippen LogP contribution in [0.4, 0.5) is 0 Å². The Bertz CT molecular complexity index is 532. The van der Waals surface area contributed by atoms with Crippen molar-refractivity contribution in [2.24, 2.45) is 5.41 Å². The van der Waals surface area contributed by atoms with Gasteiger partial charge in [0.15, 0.2) is 0 Å². The second kappa shape index (κ2) is 10.6. The van der Waals surface area contributed by atoms with Gasteiger partial charge in [-0.1, -0.05) is 64.6 Å². The molecular formula is C20H30Cl2SiTi. The van der Waals surface area contributed by atoms with Crippen molar-refractivity contribution < 1.29 is 46.5 Å². The zero-order valence-electron chi connectivity index (χ0n) is 15.9. The Balaban J connectivity index is 0. The van der Waals surface area contributed by atoms with Gasteiger partial charge in [-0.25, -0.2) is 16.8 Å². The summed E-state index contributed by atoms with van der Waals surface area (Å²) in [5, 5.41) is 1.64. The van der Waals surface area contributed by atoms with Gasteiger partial charge in [0.2, 0.25) is 0 Å². The second-order valence-corrected chi connectivity index (χ2v) is 12.1. The van der Waals surface area contributed by atoms with Gasteiger partial charge in [0.25, 0.3) is 0 Å². The Morgan fingerprint density at radius 2 is 1.71 bits per heavy atom. The molecule has 3 aliphatic rings. The predicted molar refractivity (Wildman–Crippen MR) is 95.6 cm³/mol. The molecule has 3 rings (SSSR count). The van der Waals surface area contributed by atoms with Crippen LogP contribution in [0.15, 0.2) is 34.1 Å². The first-order chi connectivity index (χ1) is 9.82. The minimum atomic E-state index is -0.865. The second-order valence-electron chi connectivity index (χ2n) is 7.31. The number of rotatable bonds is 2. The molecule has 24 heavy (non-hydrogen) atoms. The van der Waals surface area contributed by atoms with E-state index in [1.807, 2.05) is 0 Å².